The summed E-state index contributed by atoms with van der Waals surface area (Å²) in [5.74, 6) is 1.94. The summed E-state index contributed by atoms with van der Waals surface area (Å²) in [6.07, 6.45) is 3.44. The number of hydrogen-bond acceptors (Lipinski definition) is 3. The van der Waals surface area contributed by atoms with Crippen molar-refractivity contribution in [3.8, 4) is 5.75 Å². The lowest BCUT2D eigenvalue weighted by Gasteiger charge is -2.51. The molecule has 0 unspecified atom stereocenters. The zero-order valence-electron chi connectivity index (χ0n) is 15.3. The van der Waals surface area contributed by atoms with Crippen LogP contribution in [0.3, 0.4) is 0 Å². The molecule has 3 atom stereocenters. The number of carbonyl (C=O) groups excluding carboxylic acids is 1. The molecule has 4 heterocycles. The SMILES string of the molecule is CCCNC(=O)N1C[C@H](c2ccc(OC)cc2)[C@H]2[C@@H]1C1CCN2CC1. The Morgan fingerprint density at radius 2 is 1.92 bits per heavy atom. The van der Waals surface area contributed by atoms with Gasteiger partial charge in [0.05, 0.1) is 13.2 Å². The van der Waals surface area contributed by atoms with Gasteiger partial charge in [0.1, 0.15) is 5.75 Å². The molecule has 1 aromatic rings. The van der Waals surface area contributed by atoms with Crippen LogP contribution < -0.4 is 10.1 Å². The maximum Gasteiger partial charge on any atom is 0.317 e. The maximum absolute atomic E-state index is 12.8. The van der Waals surface area contributed by atoms with Gasteiger partial charge in [-0.3, -0.25) is 4.90 Å². The summed E-state index contributed by atoms with van der Waals surface area (Å²) in [5, 5.41) is 3.11. The molecule has 5 rings (SSSR count). The molecule has 0 aromatic heterocycles. The highest BCUT2D eigenvalue weighted by atomic mass is 16.5. The van der Waals surface area contributed by atoms with Crippen molar-refractivity contribution in [2.24, 2.45) is 5.92 Å². The van der Waals surface area contributed by atoms with Gasteiger partial charge in [-0.1, -0.05) is 19.1 Å². The number of hydrogen-bond donors (Lipinski definition) is 1. The lowest BCUT2D eigenvalue weighted by molar-refractivity contribution is 0.00356. The first-order valence-electron chi connectivity index (χ1n) is 9.65. The van der Waals surface area contributed by atoms with Gasteiger partial charge in [0, 0.05) is 25.0 Å². The zero-order chi connectivity index (χ0) is 17.4. The van der Waals surface area contributed by atoms with E-state index in [0.29, 0.717) is 23.9 Å². The minimum Gasteiger partial charge on any atom is -0.497 e. The van der Waals surface area contributed by atoms with E-state index in [1.54, 1.807) is 7.11 Å². The molecule has 136 valence electrons. The lowest BCUT2D eigenvalue weighted by atomic mass is 9.75. The van der Waals surface area contributed by atoms with Crippen molar-refractivity contribution >= 4 is 6.03 Å². The number of amides is 2. The normalized spacial score (nSPS) is 33.2. The highest BCUT2D eigenvalue weighted by Gasteiger charge is 2.54. The van der Waals surface area contributed by atoms with E-state index in [2.05, 4.69) is 34.2 Å². The molecule has 4 aliphatic rings. The summed E-state index contributed by atoms with van der Waals surface area (Å²) in [5.41, 5.74) is 1.33. The van der Waals surface area contributed by atoms with E-state index in [1.807, 2.05) is 12.1 Å². The van der Waals surface area contributed by atoms with Crippen LogP contribution in [0.25, 0.3) is 0 Å². The average molecular weight is 343 g/mol. The summed E-state index contributed by atoms with van der Waals surface area (Å²) in [7, 11) is 1.70. The van der Waals surface area contributed by atoms with Crippen LogP contribution in [0.4, 0.5) is 4.79 Å². The fourth-order valence-electron chi connectivity index (χ4n) is 5.13. The number of fused-ring (bicyclic) bond motifs is 2. The molecular weight excluding hydrogens is 314 g/mol. The standard InChI is InChI=1S/C20H29N3O2/c1-3-10-21-20(24)23-13-17(14-4-6-16(25-2)7-5-14)19-18(23)15-8-11-22(19)12-9-15/h4-7,15,17-19H,3,8-13H2,1-2H3,(H,21,24)/t17-,18+,19+/m1/s1. The van der Waals surface area contributed by atoms with Crippen molar-refractivity contribution in [1.82, 2.24) is 15.1 Å². The van der Waals surface area contributed by atoms with Crippen LogP contribution in [0.1, 0.15) is 37.7 Å². The molecule has 25 heavy (non-hydrogen) atoms. The van der Waals surface area contributed by atoms with Crippen molar-refractivity contribution in [1.29, 1.82) is 0 Å². The van der Waals surface area contributed by atoms with E-state index in [0.717, 1.165) is 25.3 Å². The topological polar surface area (TPSA) is 44.8 Å². The highest BCUT2D eigenvalue weighted by Crippen LogP contribution is 2.46. The van der Waals surface area contributed by atoms with Gasteiger partial charge in [0.15, 0.2) is 0 Å². The van der Waals surface area contributed by atoms with E-state index in [-0.39, 0.29) is 6.03 Å². The number of nitrogens with zero attached hydrogens (tertiary/aromatic N) is 2. The Kier molecular flexibility index (Phi) is 4.59. The molecule has 0 aliphatic carbocycles. The number of piperidine rings is 3. The number of urea groups is 1. The van der Waals surface area contributed by atoms with Gasteiger partial charge in [-0.15, -0.1) is 0 Å². The third-order valence-electron chi connectivity index (χ3n) is 6.33. The van der Waals surface area contributed by atoms with E-state index < -0.39 is 0 Å². The molecule has 1 aromatic carbocycles. The monoisotopic (exact) mass is 343 g/mol. The molecule has 4 aliphatic heterocycles. The predicted octanol–water partition coefficient (Wildman–Crippen LogP) is 2.68. The van der Waals surface area contributed by atoms with Crippen LogP contribution in [-0.2, 0) is 0 Å². The molecule has 0 spiro atoms. The molecule has 5 nitrogen and oxygen atoms in total. The Morgan fingerprint density at radius 1 is 1.20 bits per heavy atom. The third kappa shape index (κ3) is 2.88. The van der Waals surface area contributed by atoms with Crippen molar-refractivity contribution in [3.63, 3.8) is 0 Å². The predicted molar refractivity (Wildman–Crippen MR) is 98.0 cm³/mol. The van der Waals surface area contributed by atoms with Crippen molar-refractivity contribution < 1.29 is 9.53 Å². The van der Waals surface area contributed by atoms with E-state index in [9.17, 15) is 4.79 Å². The Bertz CT molecular complexity index is 610. The summed E-state index contributed by atoms with van der Waals surface area (Å²) >= 11 is 0. The minimum absolute atomic E-state index is 0.126. The fourth-order valence-corrected chi connectivity index (χ4v) is 5.13. The molecule has 2 amide bonds. The van der Waals surface area contributed by atoms with Crippen LogP contribution in [-0.4, -0.2) is 61.2 Å². The average Bonchev–Trinajstić information content (AvgIpc) is 3.10. The minimum atomic E-state index is 0.126. The molecule has 0 saturated carbocycles. The zero-order valence-corrected chi connectivity index (χ0v) is 15.3. The van der Waals surface area contributed by atoms with Crippen molar-refractivity contribution in [2.75, 3.05) is 33.3 Å². The number of nitrogens with one attached hydrogen (secondary N) is 1. The smallest absolute Gasteiger partial charge is 0.317 e. The van der Waals surface area contributed by atoms with Crippen molar-refractivity contribution in [2.45, 2.75) is 44.2 Å². The van der Waals surface area contributed by atoms with Gasteiger partial charge < -0.3 is 15.0 Å². The summed E-state index contributed by atoms with van der Waals surface area (Å²) in [6.45, 7) is 6.05. The third-order valence-corrected chi connectivity index (χ3v) is 6.33. The van der Waals surface area contributed by atoms with Gasteiger partial charge in [0.2, 0.25) is 0 Å². The molecule has 4 saturated heterocycles. The van der Waals surface area contributed by atoms with Gasteiger partial charge >= 0.3 is 6.03 Å². The lowest BCUT2D eigenvalue weighted by Crippen LogP contribution is -2.61. The second kappa shape index (κ2) is 6.87. The number of rotatable bonds is 4. The Labute approximate surface area is 150 Å². The number of carbonyl (C=O) groups is 1. The molecule has 1 N–H and O–H groups in total. The van der Waals surface area contributed by atoms with Gasteiger partial charge in [-0.05, 0) is 56.0 Å². The molecule has 5 heteroatoms. The Hall–Kier alpha value is -1.75. The number of ether oxygens (including phenoxy) is 1. The Morgan fingerprint density at radius 3 is 2.56 bits per heavy atom. The summed E-state index contributed by atoms with van der Waals surface area (Å²) < 4.78 is 5.31. The molecule has 2 bridgehead atoms. The second-order valence-corrected chi connectivity index (χ2v) is 7.62. The first-order chi connectivity index (χ1) is 12.2. The van der Waals surface area contributed by atoms with E-state index in [1.165, 1.54) is 31.5 Å². The van der Waals surface area contributed by atoms with Crippen LogP contribution in [0, 0.1) is 5.92 Å². The molecule has 0 radical (unpaired) electrons. The van der Waals surface area contributed by atoms with E-state index in [4.69, 9.17) is 4.74 Å². The molecular formula is C20H29N3O2. The highest BCUT2D eigenvalue weighted by molar-refractivity contribution is 5.75. The number of likely N-dealkylation sites (tertiary alicyclic amines) is 1. The first kappa shape index (κ1) is 16.7. The molecule has 4 fully saturated rings. The van der Waals surface area contributed by atoms with Crippen LogP contribution >= 0.6 is 0 Å². The van der Waals surface area contributed by atoms with Crippen LogP contribution in [0.5, 0.6) is 5.75 Å². The quantitative estimate of drug-likeness (QED) is 0.914. The van der Waals surface area contributed by atoms with Gasteiger partial charge in [-0.2, -0.15) is 0 Å². The number of methoxy groups -OCH3 is 1. The van der Waals surface area contributed by atoms with Crippen molar-refractivity contribution in [3.05, 3.63) is 29.8 Å². The van der Waals surface area contributed by atoms with E-state index >= 15 is 0 Å². The van der Waals surface area contributed by atoms with Crippen LogP contribution in [0.2, 0.25) is 0 Å². The Balaban J connectivity index is 1.62. The first-order valence-corrected chi connectivity index (χ1v) is 9.65. The van der Waals surface area contributed by atoms with Crippen LogP contribution in [0.15, 0.2) is 24.3 Å². The maximum atomic E-state index is 12.8. The fraction of sp³-hybridized carbons (Fsp3) is 0.650. The number of benzene rings is 1. The summed E-state index contributed by atoms with van der Waals surface area (Å²) in [4.78, 5) is 17.6. The largest absolute Gasteiger partial charge is 0.497 e. The van der Waals surface area contributed by atoms with Gasteiger partial charge in [0.25, 0.3) is 0 Å². The second-order valence-electron chi connectivity index (χ2n) is 7.62. The van der Waals surface area contributed by atoms with Gasteiger partial charge in [-0.25, -0.2) is 4.79 Å². The summed E-state index contributed by atoms with van der Waals surface area (Å²) in [6, 6.07) is 9.40.